The number of hydrogen-bond donors (Lipinski definition) is 2. The molecular formula is C24H24N4O2. The van der Waals surface area contributed by atoms with Gasteiger partial charge in [-0.25, -0.2) is 9.50 Å². The van der Waals surface area contributed by atoms with E-state index in [9.17, 15) is 9.90 Å². The second-order valence-corrected chi connectivity index (χ2v) is 7.25. The summed E-state index contributed by atoms with van der Waals surface area (Å²) >= 11 is 0. The smallest absolute Gasteiger partial charge is 0.311 e. The van der Waals surface area contributed by atoms with Gasteiger partial charge in [0, 0.05) is 17.4 Å². The number of hydrogen-bond acceptors (Lipinski definition) is 4. The Balaban J connectivity index is 1.45. The molecule has 2 N–H and O–H groups in total. The monoisotopic (exact) mass is 400 g/mol. The average molecular weight is 400 g/mol. The molecule has 0 aliphatic carbocycles. The van der Waals surface area contributed by atoms with Crippen LogP contribution in [0.5, 0.6) is 0 Å². The van der Waals surface area contributed by atoms with Gasteiger partial charge in [-0.1, -0.05) is 49.4 Å². The first-order valence-corrected chi connectivity index (χ1v) is 10.1. The molecule has 6 heteroatoms. The number of anilines is 1. The summed E-state index contributed by atoms with van der Waals surface area (Å²) in [5.74, 6) is -1.36. The zero-order chi connectivity index (χ0) is 20.9. The molecule has 0 amide bonds. The molecule has 4 aromatic rings. The van der Waals surface area contributed by atoms with Crippen molar-refractivity contribution in [2.45, 2.75) is 32.2 Å². The van der Waals surface area contributed by atoms with E-state index in [0.29, 0.717) is 13.0 Å². The van der Waals surface area contributed by atoms with Crippen LogP contribution in [0.25, 0.3) is 5.65 Å². The van der Waals surface area contributed by atoms with Crippen molar-refractivity contribution in [1.29, 1.82) is 0 Å². The number of carboxylic acid groups (broad SMARTS) is 1. The summed E-state index contributed by atoms with van der Waals surface area (Å²) in [5, 5.41) is 17.4. The summed E-state index contributed by atoms with van der Waals surface area (Å²) < 4.78 is 1.85. The predicted molar refractivity (Wildman–Crippen MR) is 117 cm³/mol. The van der Waals surface area contributed by atoms with Gasteiger partial charge in [0.25, 0.3) is 0 Å². The van der Waals surface area contributed by atoms with Gasteiger partial charge in [-0.05, 0) is 42.2 Å². The van der Waals surface area contributed by atoms with Crippen LogP contribution in [-0.4, -0.2) is 25.7 Å². The number of benzene rings is 2. The molecule has 1 unspecified atom stereocenters. The molecule has 0 fully saturated rings. The van der Waals surface area contributed by atoms with Gasteiger partial charge in [0.15, 0.2) is 5.65 Å². The number of carboxylic acids is 1. The molecule has 2 aromatic heterocycles. The van der Waals surface area contributed by atoms with Crippen LogP contribution in [-0.2, 0) is 24.2 Å². The lowest BCUT2D eigenvalue weighted by molar-refractivity contribution is -0.138. The van der Waals surface area contributed by atoms with Crippen molar-refractivity contribution in [3.05, 3.63) is 95.4 Å². The van der Waals surface area contributed by atoms with Crippen LogP contribution in [0.15, 0.2) is 72.9 Å². The largest absolute Gasteiger partial charge is 0.481 e. The van der Waals surface area contributed by atoms with Gasteiger partial charge in [-0.15, -0.1) is 0 Å². The lowest BCUT2D eigenvalue weighted by atomic mass is 9.92. The van der Waals surface area contributed by atoms with Crippen LogP contribution in [0.1, 0.15) is 35.4 Å². The molecule has 0 spiro atoms. The van der Waals surface area contributed by atoms with E-state index < -0.39 is 11.9 Å². The van der Waals surface area contributed by atoms with Crippen LogP contribution >= 0.6 is 0 Å². The maximum absolute atomic E-state index is 11.7. The van der Waals surface area contributed by atoms with E-state index in [2.05, 4.69) is 28.4 Å². The molecule has 0 aliphatic heterocycles. The highest BCUT2D eigenvalue weighted by atomic mass is 16.4. The molecule has 0 radical (unpaired) electrons. The first-order chi connectivity index (χ1) is 14.6. The van der Waals surface area contributed by atoms with Crippen molar-refractivity contribution >= 4 is 17.3 Å². The standard InChI is InChI=1S/C24H24N4O2/c1-2-19-15-21(28-23(27-19)12-13-26-28)16-25-20-10-8-17(9-11-20)14-22(24(29)30)18-6-4-3-5-7-18/h3-13,15,22,25H,2,14,16H2,1H3,(H,29,30). The summed E-state index contributed by atoms with van der Waals surface area (Å²) in [6.45, 7) is 2.71. The third kappa shape index (κ3) is 4.33. The minimum absolute atomic E-state index is 0.456. The van der Waals surface area contributed by atoms with Gasteiger partial charge < -0.3 is 10.4 Å². The fourth-order valence-corrected chi connectivity index (χ4v) is 3.56. The quantitative estimate of drug-likeness (QED) is 0.461. The zero-order valence-electron chi connectivity index (χ0n) is 16.8. The summed E-state index contributed by atoms with van der Waals surface area (Å²) in [4.78, 5) is 16.3. The maximum atomic E-state index is 11.7. The van der Waals surface area contributed by atoms with E-state index in [1.54, 1.807) is 6.20 Å². The Bertz CT molecular complexity index is 1140. The van der Waals surface area contributed by atoms with Crippen molar-refractivity contribution in [2.75, 3.05) is 5.32 Å². The summed E-state index contributed by atoms with van der Waals surface area (Å²) in [6, 6.07) is 21.3. The van der Waals surface area contributed by atoms with E-state index in [4.69, 9.17) is 0 Å². The molecule has 0 aliphatic rings. The van der Waals surface area contributed by atoms with Crippen LogP contribution in [0.4, 0.5) is 5.69 Å². The zero-order valence-corrected chi connectivity index (χ0v) is 16.8. The molecular weight excluding hydrogens is 376 g/mol. The molecule has 2 heterocycles. The second-order valence-electron chi connectivity index (χ2n) is 7.25. The fourth-order valence-electron chi connectivity index (χ4n) is 3.56. The van der Waals surface area contributed by atoms with Gasteiger partial charge in [-0.3, -0.25) is 4.79 Å². The summed E-state index contributed by atoms with van der Waals surface area (Å²) in [7, 11) is 0. The number of fused-ring (bicyclic) bond motifs is 1. The first kappa shape index (κ1) is 19.6. The third-order valence-electron chi connectivity index (χ3n) is 5.22. The number of aromatic nitrogens is 3. The average Bonchev–Trinajstić information content (AvgIpc) is 3.25. The van der Waals surface area contributed by atoms with Crippen molar-refractivity contribution < 1.29 is 9.90 Å². The highest BCUT2D eigenvalue weighted by Gasteiger charge is 2.20. The van der Waals surface area contributed by atoms with Gasteiger partial charge in [-0.2, -0.15) is 5.10 Å². The summed E-state index contributed by atoms with van der Waals surface area (Å²) in [5.41, 5.74) is 5.71. The topological polar surface area (TPSA) is 79.5 Å². The Morgan fingerprint density at radius 3 is 2.57 bits per heavy atom. The minimum atomic E-state index is -0.809. The molecule has 6 nitrogen and oxygen atoms in total. The molecule has 0 bridgehead atoms. The Morgan fingerprint density at radius 2 is 1.87 bits per heavy atom. The van der Waals surface area contributed by atoms with E-state index in [0.717, 1.165) is 40.3 Å². The Morgan fingerprint density at radius 1 is 1.10 bits per heavy atom. The Hall–Kier alpha value is -3.67. The third-order valence-corrected chi connectivity index (χ3v) is 5.22. The van der Waals surface area contributed by atoms with Gasteiger partial charge >= 0.3 is 5.97 Å². The number of rotatable bonds is 8. The van der Waals surface area contributed by atoms with Crippen molar-refractivity contribution in [3.63, 3.8) is 0 Å². The molecule has 2 aromatic carbocycles. The minimum Gasteiger partial charge on any atom is -0.481 e. The molecule has 30 heavy (non-hydrogen) atoms. The maximum Gasteiger partial charge on any atom is 0.311 e. The fraction of sp³-hybridized carbons (Fsp3) is 0.208. The van der Waals surface area contributed by atoms with E-state index in [1.807, 2.05) is 65.2 Å². The number of aliphatic carboxylic acids is 1. The number of aryl methyl sites for hydroxylation is 1. The summed E-state index contributed by atoms with van der Waals surface area (Å²) in [6.07, 6.45) is 3.08. The van der Waals surface area contributed by atoms with Crippen LogP contribution in [0.2, 0.25) is 0 Å². The predicted octanol–water partition coefficient (Wildman–Crippen LogP) is 4.31. The molecule has 0 saturated carbocycles. The normalized spacial score (nSPS) is 12.0. The highest BCUT2D eigenvalue weighted by Crippen LogP contribution is 2.22. The van der Waals surface area contributed by atoms with Crippen LogP contribution in [0, 0.1) is 0 Å². The van der Waals surface area contributed by atoms with Gasteiger partial charge in [0.05, 0.1) is 24.4 Å². The Labute approximate surface area is 175 Å². The van der Waals surface area contributed by atoms with Crippen molar-refractivity contribution in [1.82, 2.24) is 14.6 Å². The Kier molecular flexibility index (Phi) is 5.75. The number of carbonyl (C=O) groups is 1. The van der Waals surface area contributed by atoms with Crippen molar-refractivity contribution in [2.24, 2.45) is 0 Å². The van der Waals surface area contributed by atoms with Gasteiger partial charge in [0.1, 0.15) is 0 Å². The number of nitrogens with one attached hydrogen (secondary N) is 1. The first-order valence-electron chi connectivity index (χ1n) is 10.1. The molecule has 4 rings (SSSR count). The second kappa shape index (κ2) is 8.78. The SMILES string of the molecule is CCc1cc(CNc2ccc(CC(C(=O)O)c3ccccc3)cc2)n2nccc2n1. The van der Waals surface area contributed by atoms with Gasteiger partial charge in [0.2, 0.25) is 0 Å². The highest BCUT2D eigenvalue weighted by molar-refractivity contribution is 5.76. The molecule has 0 saturated heterocycles. The van der Waals surface area contributed by atoms with Crippen LogP contribution in [0.3, 0.4) is 0 Å². The molecule has 1 atom stereocenters. The molecule has 152 valence electrons. The van der Waals surface area contributed by atoms with E-state index in [-0.39, 0.29) is 0 Å². The van der Waals surface area contributed by atoms with Crippen molar-refractivity contribution in [3.8, 4) is 0 Å². The number of nitrogens with zero attached hydrogens (tertiary/aromatic N) is 3. The lowest BCUT2D eigenvalue weighted by Crippen LogP contribution is -2.14. The van der Waals surface area contributed by atoms with E-state index >= 15 is 0 Å². The lowest BCUT2D eigenvalue weighted by Gasteiger charge is -2.14. The van der Waals surface area contributed by atoms with Crippen LogP contribution < -0.4 is 5.32 Å². The van der Waals surface area contributed by atoms with E-state index in [1.165, 1.54) is 0 Å².